The van der Waals surface area contributed by atoms with Gasteiger partial charge in [0.2, 0.25) is 0 Å². The molecule has 17 heavy (non-hydrogen) atoms. The molecule has 0 radical (unpaired) electrons. The number of carbonyl (C=O) groups is 1. The molecule has 1 heterocycles. The third-order valence-electron chi connectivity index (χ3n) is 2.98. The van der Waals surface area contributed by atoms with Gasteiger partial charge in [0.05, 0.1) is 12.6 Å². The smallest absolute Gasteiger partial charge is 0.124 e. The molecular formula is C14H17NO2. The van der Waals surface area contributed by atoms with Crippen molar-refractivity contribution >= 4 is 17.2 Å². The molecule has 0 bridgehead atoms. The maximum absolute atomic E-state index is 10.7. The Morgan fingerprint density at radius 1 is 1.41 bits per heavy atom. The lowest BCUT2D eigenvalue weighted by Crippen LogP contribution is -1.98. The molecule has 0 N–H and O–H groups in total. The van der Waals surface area contributed by atoms with Crippen LogP contribution < -0.4 is 4.74 Å². The minimum atomic E-state index is 0.366. The van der Waals surface area contributed by atoms with E-state index < -0.39 is 0 Å². The van der Waals surface area contributed by atoms with E-state index in [1.165, 1.54) is 0 Å². The van der Waals surface area contributed by atoms with Gasteiger partial charge < -0.3 is 14.1 Å². The summed E-state index contributed by atoms with van der Waals surface area (Å²) in [6, 6.07) is 6.33. The van der Waals surface area contributed by atoms with E-state index in [0.29, 0.717) is 12.5 Å². The van der Waals surface area contributed by atoms with E-state index in [4.69, 9.17) is 4.74 Å². The highest BCUT2D eigenvalue weighted by Gasteiger charge is 2.11. The average Bonchev–Trinajstić information content (AvgIpc) is 2.68. The van der Waals surface area contributed by atoms with Gasteiger partial charge in [-0.25, -0.2) is 0 Å². The molecule has 1 aromatic carbocycles. The van der Waals surface area contributed by atoms with E-state index in [9.17, 15) is 4.79 Å². The van der Waals surface area contributed by atoms with Crippen LogP contribution in [-0.4, -0.2) is 18.0 Å². The number of methoxy groups -OCH3 is 1. The lowest BCUT2D eigenvalue weighted by atomic mass is 10.1. The van der Waals surface area contributed by atoms with Gasteiger partial charge >= 0.3 is 0 Å². The standard InChI is InChI=1S/C14H17NO2/c1-10(2)15-9-11(6-7-16)13-5-4-12(17-3)8-14(13)15/h4-5,7-10H,6H2,1-3H3. The number of hydrogen-bond acceptors (Lipinski definition) is 2. The molecule has 1 aromatic heterocycles. The zero-order valence-corrected chi connectivity index (χ0v) is 10.4. The molecule has 0 spiro atoms. The summed E-state index contributed by atoms with van der Waals surface area (Å²) in [5.41, 5.74) is 2.20. The normalized spacial score (nSPS) is 11.1. The Morgan fingerprint density at radius 2 is 2.18 bits per heavy atom. The van der Waals surface area contributed by atoms with Crippen LogP contribution in [0.15, 0.2) is 24.4 Å². The molecule has 0 aliphatic carbocycles. The number of nitrogens with zero attached hydrogens (tertiary/aromatic N) is 1. The Morgan fingerprint density at radius 3 is 2.76 bits per heavy atom. The van der Waals surface area contributed by atoms with Gasteiger partial charge in [-0.3, -0.25) is 0 Å². The summed E-state index contributed by atoms with van der Waals surface area (Å²) in [5.74, 6) is 0.843. The highest BCUT2D eigenvalue weighted by Crippen LogP contribution is 2.28. The van der Waals surface area contributed by atoms with Gasteiger partial charge in [-0.15, -0.1) is 0 Å². The SMILES string of the molecule is COc1ccc2c(CC=O)cn(C(C)C)c2c1. The molecule has 0 fully saturated rings. The monoisotopic (exact) mass is 231 g/mol. The summed E-state index contributed by atoms with van der Waals surface area (Å²) in [4.78, 5) is 10.7. The number of rotatable bonds is 4. The van der Waals surface area contributed by atoms with Crippen molar-refractivity contribution in [3.05, 3.63) is 30.0 Å². The first kappa shape index (κ1) is 11.7. The van der Waals surface area contributed by atoms with Gasteiger partial charge in [0.25, 0.3) is 0 Å². The molecule has 0 amide bonds. The highest BCUT2D eigenvalue weighted by atomic mass is 16.5. The van der Waals surface area contributed by atoms with Crippen molar-refractivity contribution in [2.75, 3.05) is 7.11 Å². The van der Waals surface area contributed by atoms with Crippen LogP contribution in [0.3, 0.4) is 0 Å². The molecule has 0 saturated heterocycles. The van der Waals surface area contributed by atoms with Gasteiger partial charge in [-0.1, -0.05) is 0 Å². The maximum atomic E-state index is 10.7. The molecule has 3 nitrogen and oxygen atoms in total. The second-order valence-electron chi connectivity index (χ2n) is 4.41. The lowest BCUT2D eigenvalue weighted by molar-refractivity contribution is -0.107. The molecule has 2 rings (SSSR count). The van der Waals surface area contributed by atoms with Crippen molar-refractivity contribution in [2.45, 2.75) is 26.3 Å². The molecule has 0 unspecified atom stereocenters. The number of carbonyl (C=O) groups excluding carboxylic acids is 1. The number of aldehydes is 1. The van der Waals surface area contributed by atoms with E-state index >= 15 is 0 Å². The first-order valence-corrected chi connectivity index (χ1v) is 5.78. The van der Waals surface area contributed by atoms with Crippen molar-refractivity contribution < 1.29 is 9.53 Å². The largest absolute Gasteiger partial charge is 0.497 e. The van der Waals surface area contributed by atoms with Crippen LogP contribution in [0.1, 0.15) is 25.5 Å². The number of benzene rings is 1. The van der Waals surface area contributed by atoms with Gasteiger partial charge in [0, 0.05) is 30.1 Å². The minimum absolute atomic E-state index is 0.366. The van der Waals surface area contributed by atoms with E-state index in [2.05, 4.69) is 24.6 Å². The fraction of sp³-hybridized carbons (Fsp3) is 0.357. The predicted molar refractivity (Wildman–Crippen MR) is 68.6 cm³/mol. The summed E-state index contributed by atoms with van der Waals surface area (Å²) in [5, 5.41) is 1.13. The van der Waals surface area contributed by atoms with Crippen molar-refractivity contribution in [3.63, 3.8) is 0 Å². The van der Waals surface area contributed by atoms with Crippen LogP contribution in [0.2, 0.25) is 0 Å². The summed E-state index contributed by atoms with van der Waals surface area (Å²) in [6.07, 6.45) is 3.47. The van der Waals surface area contributed by atoms with Gasteiger partial charge in [-0.2, -0.15) is 0 Å². The maximum Gasteiger partial charge on any atom is 0.124 e. The van der Waals surface area contributed by atoms with Crippen LogP contribution >= 0.6 is 0 Å². The third-order valence-corrected chi connectivity index (χ3v) is 2.98. The fourth-order valence-electron chi connectivity index (χ4n) is 2.11. The second-order valence-corrected chi connectivity index (χ2v) is 4.41. The summed E-state index contributed by atoms with van der Waals surface area (Å²) < 4.78 is 7.42. The van der Waals surface area contributed by atoms with Crippen molar-refractivity contribution in [3.8, 4) is 5.75 Å². The Kier molecular flexibility index (Phi) is 3.18. The van der Waals surface area contributed by atoms with Crippen LogP contribution in [-0.2, 0) is 11.2 Å². The Balaban J connectivity index is 2.67. The van der Waals surface area contributed by atoms with Crippen molar-refractivity contribution in [2.24, 2.45) is 0 Å². The first-order chi connectivity index (χ1) is 8.17. The molecule has 2 aromatic rings. The predicted octanol–water partition coefficient (Wildman–Crippen LogP) is 2.97. The van der Waals surface area contributed by atoms with Crippen LogP contribution in [0.4, 0.5) is 0 Å². The molecule has 0 aliphatic rings. The Hall–Kier alpha value is -1.77. The lowest BCUT2D eigenvalue weighted by Gasteiger charge is -2.09. The molecule has 0 saturated carbocycles. The number of ether oxygens (including phenoxy) is 1. The Labute approximate surface area is 101 Å². The summed E-state index contributed by atoms with van der Waals surface area (Å²) in [7, 11) is 1.66. The minimum Gasteiger partial charge on any atom is -0.497 e. The van der Waals surface area contributed by atoms with Crippen LogP contribution in [0, 0.1) is 0 Å². The molecule has 0 atom stereocenters. The van der Waals surface area contributed by atoms with E-state index in [1.54, 1.807) is 7.11 Å². The van der Waals surface area contributed by atoms with Crippen molar-refractivity contribution in [1.29, 1.82) is 0 Å². The van der Waals surface area contributed by atoms with Gasteiger partial charge in [0.15, 0.2) is 0 Å². The van der Waals surface area contributed by atoms with Crippen molar-refractivity contribution in [1.82, 2.24) is 4.57 Å². The number of aromatic nitrogens is 1. The first-order valence-electron chi connectivity index (χ1n) is 5.78. The third kappa shape index (κ3) is 2.05. The summed E-state index contributed by atoms with van der Waals surface area (Å²) in [6.45, 7) is 4.26. The molecule has 3 heteroatoms. The Bertz CT molecular complexity index is 540. The average molecular weight is 231 g/mol. The molecule has 90 valence electrons. The van der Waals surface area contributed by atoms with Gasteiger partial charge in [0.1, 0.15) is 12.0 Å². The van der Waals surface area contributed by atoms with Crippen LogP contribution in [0.5, 0.6) is 5.75 Å². The van der Waals surface area contributed by atoms with E-state index in [-0.39, 0.29) is 0 Å². The fourth-order valence-corrected chi connectivity index (χ4v) is 2.11. The van der Waals surface area contributed by atoms with Gasteiger partial charge in [-0.05, 0) is 31.5 Å². The van der Waals surface area contributed by atoms with E-state index in [0.717, 1.165) is 28.5 Å². The highest BCUT2D eigenvalue weighted by molar-refractivity contribution is 5.87. The van der Waals surface area contributed by atoms with Crippen LogP contribution in [0.25, 0.3) is 10.9 Å². The number of fused-ring (bicyclic) bond motifs is 1. The number of hydrogen-bond donors (Lipinski definition) is 0. The molecular weight excluding hydrogens is 214 g/mol. The molecule has 0 aliphatic heterocycles. The zero-order chi connectivity index (χ0) is 12.4. The van der Waals surface area contributed by atoms with E-state index in [1.807, 2.05) is 18.2 Å². The zero-order valence-electron chi connectivity index (χ0n) is 10.4. The summed E-state index contributed by atoms with van der Waals surface area (Å²) >= 11 is 0. The second kappa shape index (κ2) is 4.62. The quantitative estimate of drug-likeness (QED) is 0.757. The topological polar surface area (TPSA) is 31.2 Å².